The van der Waals surface area contributed by atoms with E-state index in [2.05, 4.69) is 4.90 Å². The normalized spacial score (nSPS) is 23.1. The van der Waals surface area contributed by atoms with Crippen LogP contribution in [0.25, 0.3) is 0 Å². The van der Waals surface area contributed by atoms with Crippen LogP contribution in [0.2, 0.25) is 0 Å². The Hall–Kier alpha value is -0.800. The summed E-state index contributed by atoms with van der Waals surface area (Å²) in [7, 11) is 0. The van der Waals surface area contributed by atoms with Crippen LogP contribution in [0.1, 0.15) is 24.4 Å². The molecule has 0 amide bonds. The van der Waals surface area contributed by atoms with Gasteiger partial charge in [0.1, 0.15) is 11.5 Å². The molecule has 1 atom stereocenters. The van der Waals surface area contributed by atoms with E-state index < -0.39 is 0 Å². The third-order valence-electron chi connectivity index (χ3n) is 2.86. The lowest BCUT2D eigenvalue weighted by Crippen LogP contribution is -2.31. The lowest BCUT2D eigenvalue weighted by Gasteiger charge is -2.21. The minimum absolute atomic E-state index is 0.264. The first-order valence-electron chi connectivity index (χ1n) is 5.20. The molecular weight excluding hydrogens is 178 g/mol. The summed E-state index contributed by atoms with van der Waals surface area (Å²) in [6.45, 7) is 4.13. The molecule has 1 aliphatic rings. The van der Waals surface area contributed by atoms with Gasteiger partial charge >= 0.3 is 0 Å². The van der Waals surface area contributed by atoms with Gasteiger partial charge in [0, 0.05) is 6.04 Å². The molecule has 1 N–H and O–H groups in total. The van der Waals surface area contributed by atoms with Gasteiger partial charge in [-0.3, -0.25) is 4.90 Å². The molecule has 1 unspecified atom stereocenters. The summed E-state index contributed by atoms with van der Waals surface area (Å²) in [6.07, 6.45) is 2.29. The van der Waals surface area contributed by atoms with Crippen molar-refractivity contribution < 1.29 is 9.52 Å². The van der Waals surface area contributed by atoms with Gasteiger partial charge in [-0.1, -0.05) is 0 Å². The zero-order chi connectivity index (χ0) is 9.97. The molecular formula is C11H17NO2. The number of aliphatic hydroxyl groups excluding tert-OH is 1. The molecule has 78 valence electrons. The van der Waals surface area contributed by atoms with Crippen molar-refractivity contribution in [3.05, 3.63) is 23.7 Å². The topological polar surface area (TPSA) is 36.6 Å². The number of likely N-dealkylation sites (tertiary alicyclic amines) is 1. The fourth-order valence-corrected chi connectivity index (χ4v) is 2.08. The maximum atomic E-state index is 9.15. The van der Waals surface area contributed by atoms with E-state index in [0.717, 1.165) is 31.0 Å². The fourth-order valence-electron chi connectivity index (χ4n) is 2.08. The molecule has 0 radical (unpaired) electrons. The second-order valence-electron chi connectivity index (χ2n) is 3.96. The molecule has 3 heteroatoms. The molecule has 1 aliphatic heterocycles. The van der Waals surface area contributed by atoms with Crippen LogP contribution in [0.3, 0.4) is 0 Å². The zero-order valence-corrected chi connectivity index (χ0v) is 8.57. The summed E-state index contributed by atoms with van der Waals surface area (Å²) < 4.78 is 5.51. The first-order valence-corrected chi connectivity index (χ1v) is 5.20. The first-order chi connectivity index (χ1) is 6.79. The molecule has 2 heterocycles. The Labute approximate surface area is 84.3 Å². The van der Waals surface area contributed by atoms with Crippen LogP contribution in [-0.2, 0) is 6.54 Å². The van der Waals surface area contributed by atoms with Gasteiger partial charge in [-0.25, -0.2) is 0 Å². The van der Waals surface area contributed by atoms with E-state index in [0.29, 0.717) is 6.04 Å². The van der Waals surface area contributed by atoms with E-state index in [4.69, 9.17) is 9.52 Å². The predicted octanol–water partition coefficient (Wildman–Crippen LogP) is 1.54. The van der Waals surface area contributed by atoms with E-state index in [9.17, 15) is 0 Å². The molecule has 1 saturated heterocycles. The summed E-state index contributed by atoms with van der Waals surface area (Å²) in [5.41, 5.74) is 0. The van der Waals surface area contributed by atoms with Crippen LogP contribution in [-0.4, -0.2) is 29.2 Å². The summed E-state index contributed by atoms with van der Waals surface area (Å²) >= 11 is 0. The minimum Gasteiger partial charge on any atom is -0.465 e. The SMILES string of the molecule is Cc1ccc(CN2CCCC2CO)o1. The smallest absolute Gasteiger partial charge is 0.118 e. The summed E-state index contributed by atoms with van der Waals surface area (Å²) in [4.78, 5) is 2.29. The van der Waals surface area contributed by atoms with Gasteiger partial charge in [0.25, 0.3) is 0 Å². The van der Waals surface area contributed by atoms with Crippen LogP contribution in [0.4, 0.5) is 0 Å². The number of aryl methyl sites for hydroxylation is 1. The standard InChI is InChI=1S/C11H17NO2/c1-9-4-5-11(14-9)7-12-6-2-3-10(12)8-13/h4-5,10,13H,2-3,6-8H2,1H3. The lowest BCUT2D eigenvalue weighted by atomic mass is 10.2. The number of hydrogen-bond donors (Lipinski definition) is 1. The van der Waals surface area contributed by atoms with Gasteiger partial charge in [-0.05, 0) is 38.4 Å². The molecule has 1 aromatic rings. The van der Waals surface area contributed by atoms with Crippen molar-refractivity contribution in [3.8, 4) is 0 Å². The minimum atomic E-state index is 0.264. The Kier molecular flexibility index (Phi) is 2.89. The highest BCUT2D eigenvalue weighted by molar-refractivity contribution is 5.05. The van der Waals surface area contributed by atoms with E-state index in [1.165, 1.54) is 6.42 Å². The molecule has 0 aromatic carbocycles. The van der Waals surface area contributed by atoms with Crippen LogP contribution < -0.4 is 0 Å². The maximum Gasteiger partial charge on any atom is 0.118 e. The Morgan fingerprint density at radius 2 is 2.43 bits per heavy atom. The third kappa shape index (κ3) is 1.99. The predicted molar refractivity (Wildman–Crippen MR) is 54.0 cm³/mol. The average molecular weight is 195 g/mol. The molecule has 0 aliphatic carbocycles. The number of furan rings is 1. The molecule has 2 rings (SSSR count). The molecule has 14 heavy (non-hydrogen) atoms. The van der Waals surface area contributed by atoms with Gasteiger partial charge in [-0.2, -0.15) is 0 Å². The Balaban J connectivity index is 1.96. The van der Waals surface area contributed by atoms with Crippen LogP contribution in [0.15, 0.2) is 16.5 Å². The zero-order valence-electron chi connectivity index (χ0n) is 8.57. The van der Waals surface area contributed by atoms with Crippen molar-refractivity contribution >= 4 is 0 Å². The maximum absolute atomic E-state index is 9.15. The van der Waals surface area contributed by atoms with Crippen molar-refractivity contribution in [2.75, 3.05) is 13.2 Å². The number of aliphatic hydroxyl groups is 1. The monoisotopic (exact) mass is 195 g/mol. The van der Waals surface area contributed by atoms with E-state index in [1.807, 2.05) is 19.1 Å². The van der Waals surface area contributed by atoms with E-state index in [-0.39, 0.29) is 6.61 Å². The average Bonchev–Trinajstić information content (AvgIpc) is 2.76. The number of rotatable bonds is 3. The van der Waals surface area contributed by atoms with Crippen molar-refractivity contribution in [3.63, 3.8) is 0 Å². The molecule has 3 nitrogen and oxygen atoms in total. The lowest BCUT2D eigenvalue weighted by molar-refractivity contribution is 0.146. The molecule has 0 bridgehead atoms. The Morgan fingerprint density at radius 3 is 3.07 bits per heavy atom. The highest BCUT2D eigenvalue weighted by Crippen LogP contribution is 2.20. The van der Waals surface area contributed by atoms with Gasteiger partial charge in [0.15, 0.2) is 0 Å². The fraction of sp³-hybridized carbons (Fsp3) is 0.636. The van der Waals surface area contributed by atoms with Gasteiger partial charge < -0.3 is 9.52 Å². The molecule has 1 fully saturated rings. The van der Waals surface area contributed by atoms with Gasteiger partial charge in [-0.15, -0.1) is 0 Å². The molecule has 0 saturated carbocycles. The number of nitrogens with zero attached hydrogens (tertiary/aromatic N) is 1. The largest absolute Gasteiger partial charge is 0.465 e. The summed E-state index contributed by atoms with van der Waals surface area (Å²) in [6, 6.07) is 4.34. The van der Waals surface area contributed by atoms with Crippen molar-refractivity contribution in [2.45, 2.75) is 32.4 Å². The highest BCUT2D eigenvalue weighted by Gasteiger charge is 2.24. The quantitative estimate of drug-likeness (QED) is 0.795. The van der Waals surface area contributed by atoms with Gasteiger partial charge in [0.2, 0.25) is 0 Å². The van der Waals surface area contributed by atoms with Crippen LogP contribution in [0.5, 0.6) is 0 Å². The first kappa shape index (κ1) is 9.74. The number of hydrogen-bond acceptors (Lipinski definition) is 3. The van der Waals surface area contributed by atoms with Crippen molar-refractivity contribution in [1.29, 1.82) is 0 Å². The highest BCUT2D eigenvalue weighted by atomic mass is 16.3. The van der Waals surface area contributed by atoms with E-state index in [1.54, 1.807) is 0 Å². The second kappa shape index (κ2) is 4.15. The van der Waals surface area contributed by atoms with Gasteiger partial charge in [0.05, 0.1) is 13.2 Å². The van der Waals surface area contributed by atoms with Crippen LogP contribution in [0, 0.1) is 6.92 Å². The van der Waals surface area contributed by atoms with Crippen LogP contribution >= 0.6 is 0 Å². The summed E-state index contributed by atoms with van der Waals surface area (Å²) in [5.74, 6) is 1.96. The Morgan fingerprint density at radius 1 is 1.57 bits per heavy atom. The summed E-state index contributed by atoms with van der Waals surface area (Å²) in [5, 5.41) is 9.15. The molecule has 0 spiro atoms. The van der Waals surface area contributed by atoms with E-state index >= 15 is 0 Å². The van der Waals surface area contributed by atoms with Crippen molar-refractivity contribution in [1.82, 2.24) is 4.90 Å². The second-order valence-corrected chi connectivity index (χ2v) is 3.96. The third-order valence-corrected chi connectivity index (χ3v) is 2.86. The Bertz CT molecular complexity index is 295. The molecule has 1 aromatic heterocycles. The van der Waals surface area contributed by atoms with Crippen molar-refractivity contribution in [2.24, 2.45) is 0 Å².